The smallest absolute Gasteiger partial charge is 0.157 e. The molecule has 4 rings (SSSR count). The molecule has 0 radical (unpaired) electrons. The average Bonchev–Trinajstić information content (AvgIpc) is 2.86. The monoisotopic (exact) mass is 334 g/mol. The number of para-hydroxylation sites is 1. The number of halogens is 1. The number of terminal acetylenes is 1. The zero-order valence-corrected chi connectivity index (χ0v) is 14.0. The van der Waals surface area contributed by atoms with Crippen LogP contribution in [0.3, 0.4) is 0 Å². The maximum atomic E-state index is 6.41. The van der Waals surface area contributed by atoms with E-state index in [1.54, 1.807) is 0 Å². The maximum absolute atomic E-state index is 6.41. The Hall–Kier alpha value is -2.77. The molecule has 4 nitrogen and oxygen atoms in total. The lowest BCUT2D eigenvalue weighted by atomic mass is 10.1. The molecule has 0 amide bonds. The van der Waals surface area contributed by atoms with Gasteiger partial charge in [0.25, 0.3) is 0 Å². The molecule has 3 aromatic rings. The van der Waals surface area contributed by atoms with Crippen LogP contribution in [0.4, 0.5) is 5.69 Å². The van der Waals surface area contributed by atoms with Crippen LogP contribution in [0.25, 0.3) is 5.69 Å². The van der Waals surface area contributed by atoms with Gasteiger partial charge in [-0.25, -0.2) is 0 Å². The lowest BCUT2D eigenvalue weighted by Gasteiger charge is -2.23. The third-order valence-corrected chi connectivity index (χ3v) is 4.59. The second kappa shape index (κ2) is 5.70. The highest BCUT2D eigenvalue weighted by Crippen LogP contribution is 2.32. The quantitative estimate of drug-likeness (QED) is 0.636. The summed E-state index contributed by atoms with van der Waals surface area (Å²) in [4.78, 5) is 2.20. The Kier molecular flexibility index (Phi) is 3.51. The standard InChI is InChI=1S/C19H15ClN4/c1-3-14-8-9-17-15(10-14)11-23(18-7-5-4-6-16(18)20)12-19-22-21-13(2)24(17)19/h1,4-10H,11-12H2,2H3. The summed E-state index contributed by atoms with van der Waals surface area (Å²) < 4.78 is 2.09. The van der Waals surface area contributed by atoms with E-state index in [2.05, 4.69) is 25.6 Å². The minimum absolute atomic E-state index is 0.630. The first-order chi connectivity index (χ1) is 11.7. The van der Waals surface area contributed by atoms with Gasteiger partial charge in [0.15, 0.2) is 5.82 Å². The topological polar surface area (TPSA) is 34.0 Å². The average molecular weight is 335 g/mol. The van der Waals surface area contributed by atoms with Gasteiger partial charge in [0, 0.05) is 12.1 Å². The van der Waals surface area contributed by atoms with Gasteiger partial charge in [-0.2, -0.15) is 0 Å². The zero-order chi connectivity index (χ0) is 16.7. The van der Waals surface area contributed by atoms with E-state index < -0.39 is 0 Å². The third-order valence-electron chi connectivity index (χ3n) is 4.27. The SMILES string of the molecule is C#Cc1ccc2c(c1)CN(c1ccccc1Cl)Cc1nnc(C)n1-2. The largest absolute Gasteiger partial charge is 0.358 e. The second-order valence-corrected chi connectivity index (χ2v) is 6.20. The van der Waals surface area contributed by atoms with Crippen LogP contribution in [0.5, 0.6) is 0 Å². The summed E-state index contributed by atoms with van der Waals surface area (Å²) in [6, 6.07) is 13.9. The fourth-order valence-electron chi connectivity index (χ4n) is 3.15. The van der Waals surface area contributed by atoms with Crippen molar-refractivity contribution in [2.24, 2.45) is 0 Å². The molecule has 1 aliphatic rings. The molecule has 0 atom stereocenters. The van der Waals surface area contributed by atoms with Crippen LogP contribution < -0.4 is 4.90 Å². The fourth-order valence-corrected chi connectivity index (χ4v) is 3.41. The normalized spacial score (nSPS) is 13.0. The van der Waals surface area contributed by atoms with Crippen LogP contribution in [0.2, 0.25) is 5.02 Å². The van der Waals surface area contributed by atoms with Crippen LogP contribution in [-0.2, 0) is 13.1 Å². The molecule has 24 heavy (non-hydrogen) atoms. The molecule has 0 fully saturated rings. The Morgan fingerprint density at radius 1 is 1.08 bits per heavy atom. The molecule has 1 aromatic heterocycles. The van der Waals surface area contributed by atoms with Gasteiger partial charge in [-0.05, 0) is 42.8 Å². The first-order valence-electron chi connectivity index (χ1n) is 7.67. The molecule has 2 heterocycles. The van der Waals surface area contributed by atoms with Crippen molar-refractivity contribution in [3.8, 4) is 18.0 Å². The van der Waals surface area contributed by atoms with Crippen LogP contribution in [0.1, 0.15) is 22.8 Å². The molecule has 0 N–H and O–H groups in total. The molecule has 0 unspecified atom stereocenters. The van der Waals surface area contributed by atoms with Crippen LogP contribution in [0, 0.1) is 19.3 Å². The highest BCUT2D eigenvalue weighted by molar-refractivity contribution is 6.33. The molecule has 0 spiro atoms. The van der Waals surface area contributed by atoms with E-state index in [9.17, 15) is 0 Å². The van der Waals surface area contributed by atoms with E-state index in [1.165, 1.54) is 0 Å². The van der Waals surface area contributed by atoms with E-state index in [-0.39, 0.29) is 0 Å². The summed E-state index contributed by atoms with van der Waals surface area (Å²) >= 11 is 6.41. The molecule has 0 bridgehead atoms. The molecule has 0 saturated carbocycles. The van der Waals surface area contributed by atoms with E-state index in [0.29, 0.717) is 13.1 Å². The molecule has 0 saturated heterocycles. The van der Waals surface area contributed by atoms with Crippen molar-refractivity contribution in [3.05, 3.63) is 70.3 Å². The molecule has 118 valence electrons. The highest BCUT2D eigenvalue weighted by atomic mass is 35.5. The van der Waals surface area contributed by atoms with Crippen molar-refractivity contribution in [1.82, 2.24) is 14.8 Å². The van der Waals surface area contributed by atoms with Crippen molar-refractivity contribution in [2.45, 2.75) is 20.0 Å². The van der Waals surface area contributed by atoms with Crippen LogP contribution in [-0.4, -0.2) is 14.8 Å². The Morgan fingerprint density at radius 2 is 1.92 bits per heavy atom. The van der Waals surface area contributed by atoms with E-state index >= 15 is 0 Å². The Bertz CT molecular complexity index is 968. The van der Waals surface area contributed by atoms with Crippen LogP contribution in [0.15, 0.2) is 42.5 Å². The predicted octanol–water partition coefficient (Wildman–Crippen LogP) is 3.73. The Balaban J connectivity index is 1.91. The number of benzene rings is 2. The number of rotatable bonds is 1. The summed E-state index contributed by atoms with van der Waals surface area (Å²) in [5.74, 6) is 4.46. The minimum Gasteiger partial charge on any atom is -0.358 e. The number of fused-ring (bicyclic) bond motifs is 3. The molecular weight excluding hydrogens is 320 g/mol. The molecule has 0 aliphatic carbocycles. The maximum Gasteiger partial charge on any atom is 0.157 e. The van der Waals surface area contributed by atoms with Gasteiger partial charge in [-0.1, -0.05) is 29.7 Å². The van der Waals surface area contributed by atoms with Gasteiger partial charge in [-0.15, -0.1) is 16.6 Å². The van der Waals surface area contributed by atoms with Gasteiger partial charge in [-0.3, -0.25) is 4.57 Å². The van der Waals surface area contributed by atoms with E-state index in [1.807, 2.05) is 49.4 Å². The summed E-state index contributed by atoms with van der Waals surface area (Å²) in [5, 5.41) is 9.32. The highest BCUT2D eigenvalue weighted by Gasteiger charge is 2.23. The van der Waals surface area contributed by atoms with Crippen LogP contribution >= 0.6 is 11.6 Å². The first kappa shape index (κ1) is 14.8. The van der Waals surface area contributed by atoms with E-state index in [0.717, 1.165) is 39.2 Å². The first-order valence-corrected chi connectivity index (χ1v) is 8.05. The minimum atomic E-state index is 0.630. The Labute approximate surface area is 145 Å². The van der Waals surface area contributed by atoms with Gasteiger partial charge in [0.05, 0.1) is 22.9 Å². The number of hydrogen-bond acceptors (Lipinski definition) is 3. The van der Waals surface area contributed by atoms with Gasteiger partial charge >= 0.3 is 0 Å². The van der Waals surface area contributed by atoms with Gasteiger partial charge in [0.1, 0.15) is 5.82 Å². The zero-order valence-electron chi connectivity index (χ0n) is 13.2. The van der Waals surface area contributed by atoms with Crippen molar-refractivity contribution >= 4 is 17.3 Å². The van der Waals surface area contributed by atoms with Gasteiger partial charge < -0.3 is 4.90 Å². The number of aromatic nitrogens is 3. The molecule has 5 heteroatoms. The van der Waals surface area contributed by atoms with Gasteiger partial charge in [0.2, 0.25) is 0 Å². The number of anilines is 1. The van der Waals surface area contributed by atoms with Crippen molar-refractivity contribution in [3.63, 3.8) is 0 Å². The molecule has 2 aromatic carbocycles. The Morgan fingerprint density at radius 3 is 2.71 bits per heavy atom. The number of aryl methyl sites for hydroxylation is 1. The third kappa shape index (κ3) is 2.34. The van der Waals surface area contributed by atoms with Crippen molar-refractivity contribution in [1.29, 1.82) is 0 Å². The van der Waals surface area contributed by atoms with Crippen molar-refractivity contribution < 1.29 is 0 Å². The fraction of sp³-hybridized carbons (Fsp3) is 0.158. The summed E-state index contributed by atoms with van der Waals surface area (Å²) in [6.45, 7) is 3.29. The van der Waals surface area contributed by atoms with Crippen molar-refractivity contribution in [2.75, 3.05) is 4.90 Å². The number of nitrogens with zero attached hydrogens (tertiary/aromatic N) is 4. The second-order valence-electron chi connectivity index (χ2n) is 5.79. The molecular formula is C19H15ClN4. The lowest BCUT2D eigenvalue weighted by molar-refractivity contribution is 0.767. The summed E-state index contributed by atoms with van der Waals surface area (Å²) in [5.41, 5.74) is 4.04. The number of hydrogen-bond donors (Lipinski definition) is 0. The van der Waals surface area contributed by atoms with E-state index in [4.69, 9.17) is 18.0 Å². The molecule has 1 aliphatic heterocycles. The lowest BCUT2D eigenvalue weighted by Crippen LogP contribution is -2.21. The predicted molar refractivity (Wildman–Crippen MR) is 95.4 cm³/mol. The summed E-state index contributed by atoms with van der Waals surface area (Å²) in [7, 11) is 0. The summed E-state index contributed by atoms with van der Waals surface area (Å²) in [6.07, 6.45) is 5.58.